The standard InChI is InChI=1S/C22H16Cl2F3NO3/c1-3-28-11(2)17(15-10-13(22(25,26)27)6-9-16(15)24)20(29)18(21(30)31)19(28)12-4-7-14(23)8-5-12/h4-10H,3H2,1-2H3,(H,30,31). The number of benzene rings is 2. The minimum atomic E-state index is -4.66. The normalized spacial score (nSPS) is 11.6. The van der Waals surface area contributed by atoms with Crippen LogP contribution >= 0.6 is 23.2 Å². The van der Waals surface area contributed by atoms with Crippen LogP contribution < -0.4 is 5.43 Å². The van der Waals surface area contributed by atoms with Crippen molar-refractivity contribution in [2.45, 2.75) is 26.6 Å². The zero-order chi connectivity index (χ0) is 23.1. The Hall–Kier alpha value is -2.77. The largest absolute Gasteiger partial charge is 0.477 e. The lowest BCUT2D eigenvalue weighted by Crippen LogP contribution is -2.25. The van der Waals surface area contributed by atoms with E-state index in [1.165, 1.54) is 0 Å². The van der Waals surface area contributed by atoms with Gasteiger partial charge in [-0.1, -0.05) is 35.3 Å². The van der Waals surface area contributed by atoms with E-state index in [0.29, 0.717) is 16.3 Å². The molecule has 4 nitrogen and oxygen atoms in total. The maximum atomic E-state index is 13.3. The molecule has 0 radical (unpaired) electrons. The topological polar surface area (TPSA) is 59.3 Å². The molecule has 1 aromatic heterocycles. The molecule has 3 aromatic rings. The van der Waals surface area contributed by atoms with Gasteiger partial charge in [-0.05, 0) is 49.7 Å². The molecular weight excluding hydrogens is 454 g/mol. The van der Waals surface area contributed by atoms with Crippen LogP contribution in [0.4, 0.5) is 13.2 Å². The van der Waals surface area contributed by atoms with Crippen LogP contribution in [0, 0.1) is 6.92 Å². The molecule has 0 unspecified atom stereocenters. The number of carboxylic acid groups (broad SMARTS) is 1. The van der Waals surface area contributed by atoms with E-state index in [1.54, 1.807) is 42.7 Å². The molecule has 1 heterocycles. The lowest BCUT2D eigenvalue weighted by molar-refractivity contribution is -0.137. The van der Waals surface area contributed by atoms with Crippen LogP contribution in [0.1, 0.15) is 28.5 Å². The van der Waals surface area contributed by atoms with Crippen LogP contribution in [-0.4, -0.2) is 15.6 Å². The highest BCUT2D eigenvalue weighted by molar-refractivity contribution is 6.33. The van der Waals surface area contributed by atoms with Gasteiger partial charge in [-0.2, -0.15) is 13.2 Å². The second-order valence-electron chi connectivity index (χ2n) is 6.76. The summed E-state index contributed by atoms with van der Waals surface area (Å²) in [6, 6.07) is 8.87. The van der Waals surface area contributed by atoms with Gasteiger partial charge in [-0.25, -0.2) is 4.79 Å². The molecule has 162 valence electrons. The smallest absolute Gasteiger partial charge is 0.416 e. The summed E-state index contributed by atoms with van der Waals surface area (Å²) in [5.74, 6) is -1.50. The third kappa shape index (κ3) is 4.20. The maximum absolute atomic E-state index is 13.3. The quantitative estimate of drug-likeness (QED) is 0.472. The summed E-state index contributed by atoms with van der Waals surface area (Å²) in [6.07, 6.45) is -4.66. The van der Waals surface area contributed by atoms with Crippen molar-refractivity contribution in [2.75, 3.05) is 0 Å². The Morgan fingerprint density at radius 3 is 2.23 bits per heavy atom. The number of rotatable bonds is 4. The second kappa shape index (κ2) is 8.40. The summed E-state index contributed by atoms with van der Waals surface area (Å²) in [5, 5.41) is 10.2. The van der Waals surface area contributed by atoms with Gasteiger partial charge in [0.15, 0.2) is 0 Å². The number of alkyl halides is 3. The number of nitrogens with zero attached hydrogens (tertiary/aromatic N) is 1. The van der Waals surface area contributed by atoms with Crippen molar-refractivity contribution in [1.29, 1.82) is 0 Å². The summed E-state index contributed by atoms with van der Waals surface area (Å²) in [7, 11) is 0. The molecule has 9 heteroatoms. The molecule has 2 aromatic carbocycles. The second-order valence-corrected chi connectivity index (χ2v) is 7.61. The summed E-state index contributed by atoms with van der Waals surface area (Å²) in [4.78, 5) is 25.4. The Morgan fingerprint density at radius 1 is 1.10 bits per heavy atom. The van der Waals surface area contributed by atoms with E-state index >= 15 is 0 Å². The molecule has 0 aliphatic rings. The minimum Gasteiger partial charge on any atom is -0.477 e. The van der Waals surface area contributed by atoms with Crippen molar-refractivity contribution in [1.82, 2.24) is 4.57 Å². The Morgan fingerprint density at radius 2 is 1.71 bits per heavy atom. The lowest BCUT2D eigenvalue weighted by Gasteiger charge is -2.22. The highest BCUT2D eigenvalue weighted by Gasteiger charge is 2.32. The first-order chi connectivity index (χ1) is 14.5. The first-order valence-corrected chi connectivity index (χ1v) is 9.86. The Bertz CT molecular complexity index is 1230. The maximum Gasteiger partial charge on any atom is 0.416 e. The fraction of sp³-hybridized carbons (Fsp3) is 0.182. The predicted molar refractivity (Wildman–Crippen MR) is 114 cm³/mol. The Balaban J connectivity index is 2.46. The third-order valence-electron chi connectivity index (χ3n) is 4.94. The third-order valence-corrected chi connectivity index (χ3v) is 5.52. The van der Waals surface area contributed by atoms with Gasteiger partial charge in [0.05, 0.1) is 16.8 Å². The molecular formula is C22H16Cl2F3NO3. The number of hydrogen-bond acceptors (Lipinski definition) is 2. The summed E-state index contributed by atoms with van der Waals surface area (Å²) in [5.41, 5.74) is -1.96. The van der Waals surface area contributed by atoms with Crippen LogP contribution in [0.25, 0.3) is 22.4 Å². The van der Waals surface area contributed by atoms with Crippen molar-refractivity contribution in [3.8, 4) is 22.4 Å². The molecule has 0 aliphatic carbocycles. The van der Waals surface area contributed by atoms with E-state index in [9.17, 15) is 27.9 Å². The fourth-order valence-corrected chi connectivity index (χ4v) is 3.88. The summed E-state index contributed by atoms with van der Waals surface area (Å²) >= 11 is 12.1. The van der Waals surface area contributed by atoms with Crippen molar-refractivity contribution < 1.29 is 23.1 Å². The van der Waals surface area contributed by atoms with Crippen LogP contribution in [0.15, 0.2) is 47.3 Å². The van der Waals surface area contributed by atoms with Gasteiger partial charge in [-0.15, -0.1) is 0 Å². The molecule has 0 spiro atoms. The molecule has 0 saturated carbocycles. The number of hydrogen-bond donors (Lipinski definition) is 1. The van der Waals surface area contributed by atoms with Gasteiger partial charge in [0.1, 0.15) is 5.56 Å². The van der Waals surface area contributed by atoms with Gasteiger partial charge in [-0.3, -0.25) is 4.79 Å². The highest BCUT2D eigenvalue weighted by Crippen LogP contribution is 2.37. The van der Waals surface area contributed by atoms with Gasteiger partial charge >= 0.3 is 12.1 Å². The van der Waals surface area contributed by atoms with Gasteiger partial charge in [0.25, 0.3) is 0 Å². The van der Waals surface area contributed by atoms with E-state index < -0.39 is 28.7 Å². The van der Waals surface area contributed by atoms with Crippen LogP contribution in [0.3, 0.4) is 0 Å². The van der Waals surface area contributed by atoms with Crippen LogP contribution in [0.5, 0.6) is 0 Å². The van der Waals surface area contributed by atoms with E-state index in [2.05, 4.69) is 0 Å². The van der Waals surface area contributed by atoms with E-state index in [4.69, 9.17) is 23.2 Å². The molecule has 31 heavy (non-hydrogen) atoms. The van der Waals surface area contributed by atoms with Crippen molar-refractivity contribution in [2.24, 2.45) is 0 Å². The van der Waals surface area contributed by atoms with Gasteiger partial charge < -0.3 is 9.67 Å². The molecule has 0 fully saturated rings. The first kappa shape index (κ1) is 22.9. The van der Waals surface area contributed by atoms with Gasteiger partial charge in [0.2, 0.25) is 5.43 Å². The van der Waals surface area contributed by atoms with Crippen LogP contribution in [-0.2, 0) is 12.7 Å². The van der Waals surface area contributed by atoms with E-state index in [1.807, 2.05) is 0 Å². The van der Waals surface area contributed by atoms with Crippen molar-refractivity contribution in [3.05, 3.63) is 79.6 Å². The molecule has 3 rings (SSSR count). The number of carboxylic acids is 1. The predicted octanol–water partition coefficient (Wildman–Crippen LogP) is 6.53. The highest BCUT2D eigenvalue weighted by atomic mass is 35.5. The number of carbonyl (C=O) groups is 1. The van der Waals surface area contributed by atoms with Crippen molar-refractivity contribution >= 4 is 29.2 Å². The number of halogens is 5. The van der Waals surface area contributed by atoms with E-state index in [0.717, 1.165) is 18.2 Å². The summed E-state index contributed by atoms with van der Waals surface area (Å²) < 4.78 is 41.3. The number of aromatic nitrogens is 1. The zero-order valence-corrected chi connectivity index (χ0v) is 17.9. The molecule has 1 N–H and O–H groups in total. The molecule has 0 bridgehead atoms. The number of aromatic carboxylic acids is 1. The zero-order valence-electron chi connectivity index (χ0n) is 16.3. The summed E-state index contributed by atoms with van der Waals surface area (Å²) in [6.45, 7) is 3.54. The average molecular weight is 470 g/mol. The van der Waals surface area contributed by atoms with Gasteiger partial charge in [0, 0.05) is 27.8 Å². The first-order valence-electron chi connectivity index (χ1n) is 9.11. The van der Waals surface area contributed by atoms with E-state index in [-0.39, 0.29) is 28.4 Å². The minimum absolute atomic E-state index is 0.0913. The van der Waals surface area contributed by atoms with Crippen molar-refractivity contribution in [3.63, 3.8) is 0 Å². The number of pyridine rings is 1. The molecule has 0 atom stereocenters. The molecule has 0 aliphatic heterocycles. The Labute approximate surface area is 185 Å². The fourth-order valence-electron chi connectivity index (χ4n) is 3.55. The monoisotopic (exact) mass is 469 g/mol. The van der Waals surface area contributed by atoms with Crippen LogP contribution in [0.2, 0.25) is 10.0 Å². The molecule has 0 saturated heterocycles. The molecule has 0 amide bonds. The average Bonchev–Trinajstić information content (AvgIpc) is 2.68. The SMILES string of the molecule is CCn1c(C)c(-c2cc(C(F)(F)F)ccc2Cl)c(=O)c(C(=O)O)c1-c1ccc(Cl)cc1. The lowest BCUT2D eigenvalue weighted by atomic mass is 9.95. The Kier molecular flexibility index (Phi) is 6.21.